The summed E-state index contributed by atoms with van der Waals surface area (Å²) in [5.41, 5.74) is 1.22. The molecule has 2 N–H and O–H groups in total. The zero-order valence-corrected chi connectivity index (χ0v) is 11.3. The number of benzene rings is 1. The molecule has 1 rings (SSSR count). The summed E-state index contributed by atoms with van der Waals surface area (Å²) < 4.78 is 0. The fourth-order valence-corrected chi connectivity index (χ4v) is 2.05. The van der Waals surface area contributed by atoms with Crippen LogP contribution in [-0.2, 0) is 11.2 Å². The number of hydrogen-bond donors (Lipinski definition) is 2. The first-order valence-electron chi connectivity index (χ1n) is 6.35. The first kappa shape index (κ1) is 14.7. The van der Waals surface area contributed by atoms with Crippen molar-refractivity contribution in [1.82, 2.24) is 0 Å². The molecule has 0 heterocycles. The lowest BCUT2D eigenvalue weighted by atomic mass is 9.86. The summed E-state index contributed by atoms with van der Waals surface area (Å²) in [6, 6.07) is 7.85. The molecule has 3 heteroatoms. The largest absolute Gasteiger partial charge is 0.481 e. The summed E-state index contributed by atoms with van der Waals surface area (Å²) in [7, 11) is 0. The number of aliphatic carboxylic acids is 1. The van der Waals surface area contributed by atoms with Gasteiger partial charge in [-0.15, -0.1) is 0 Å². The van der Waals surface area contributed by atoms with Gasteiger partial charge in [0.25, 0.3) is 0 Å². The second-order valence-electron chi connectivity index (χ2n) is 5.28. The van der Waals surface area contributed by atoms with Crippen LogP contribution in [0.5, 0.6) is 0 Å². The molecule has 0 spiro atoms. The normalized spacial score (nSPS) is 16.0. The van der Waals surface area contributed by atoms with E-state index in [-0.39, 0.29) is 6.42 Å². The molecule has 100 valence electrons. The van der Waals surface area contributed by atoms with Crippen LogP contribution in [0.1, 0.15) is 37.8 Å². The van der Waals surface area contributed by atoms with Crippen LogP contribution in [0.15, 0.2) is 24.3 Å². The van der Waals surface area contributed by atoms with Crippen LogP contribution in [0.4, 0.5) is 0 Å². The van der Waals surface area contributed by atoms with E-state index in [0.29, 0.717) is 12.8 Å². The Balaban J connectivity index is 2.78. The minimum absolute atomic E-state index is 0.284. The molecule has 1 aromatic rings. The maximum atomic E-state index is 11.3. The molecule has 1 aromatic carbocycles. The van der Waals surface area contributed by atoms with Gasteiger partial charge in [0, 0.05) is 0 Å². The quantitative estimate of drug-likeness (QED) is 0.816. The minimum Gasteiger partial charge on any atom is -0.481 e. The Morgan fingerprint density at radius 2 is 2.11 bits per heavy atom. The number of hydrogen-bond acceptors (Lipinski definition) is 2. The summed E-state index contributed by atoms with van der Waals surface area (Å²) in [6.45, 7) is 5.55. The third kappa shape index (κ3) is 4.49. The maximum Gasteiger partial charge on any atom is 0.306 e. The Morgan fingerprint density at radius 3 is 2.61 bits per heavy atom. The van der Waals surface area contributed by atoms with Crippen molar-refractivity contribution in [2.45, 2.75) is 45.6 Å². The van der Waals surface area contributed by atoms with Gasteiger partial charge in [-0.05, 0) is 38.7 Å². The molecule has 0 saturated heterocycles. The number of aryl methyl sites for hydroxylation is 1. The predicted octanol–water partition coefficient (Wildman–Crippen LogP) is 2.79. The smallest absolute Gasteiger partial charge is 0.306 e. The monoisotopic (exact) mass is 250 g/mol. The molecule has 2 unspecified atom stereocenters. The summed E-state index contributed by atoms with van der Waals surface area (Å²) in [6.07, 6.45) is 1.31. The lowest BCUT2D eigenvalue weighted by Gasteiger charge is -2.25. The molecule has 0 fully saturated rings. The van der Waals surface area contributed by atoms with Crippen LogP contribution >= 0.6 is 0 Å². The van der Waals surface area contributed by atoms with Gasteiger partial charge >= 0.3 is 5.97 Å². The van der Waals surface area contributed by atoms with E-state index in [2.05, 4.69) is 0 Å². The fourth-order valence-electron chi connectivity index (χ4n) is 2.05. The highest BCUT2D eigenvalue weighted by molar-refractivity contribution is 5.70. The van der Waals surface area contributed by atoms with Gasteiger partial charge in [0.05, 0.1) is 11.5 Å². The second-order valence-corrected chi connectivity index (χ2v) is 5.28. The van der Waals surface area contributed by atoms with Crippen LogP contribution < -0.4 is 0 Å². The van der Waals surface area contributed by atoms with Crippen LogP contribution in [0, 0.1) is 12.8 Å². The Hall–Kier alpha value is -1.35. The first-order chi connectivity index (χ1) is 8.34. The van der Waals surface area contributed by atoms with E-state index in [0.717, 1.165) is 11.1 Å². The average molecular weight is 250 g/mol. The Labute approximate surface area is 108 Å². The second kappa shape index (κ2) is 6.01. The van der Waals surface area contributed by atoms with Crippen molar-refractivity contribution in [2.75, 3.05) is 0 Å². The third-order valence-corrected chi connectivity index (χ3v) is 3.36. The van der Waals surface area contributed by atoms with Crippen molar-refractivity contribution in [2.24, 2.45) is 5.92 Å². The molecule has 0 saturated carbocycles. The van der Waals surface area contributed by atoms with E-state index in [4.69, 9.17) is 0 Å². The van der Waals surface area contributed by atoms with E-state index < -0.39 is 17.5 Å². The topological polar surface area (TPSA) is 57.5 Å². The molecular weight excluding hydrogens is 228 g/mol. The standard InChI is InChI=1S/C15H22O3/c1-4-15(3,18)10-13(14(16)17)9-12-7-5-6-11(2)8-12/h5-8,13,18H,4,9-10H2,1-3H3,(H,16,17). The van der Waals surface area contributed by atoms with E-state index in [9.17, 15) is 15.0 Å². The molecule has 3 nitrogen and oxygen atoms in total. The number of carboxylic acid groups (broad SMARTS) is 1. The molecule has 0 aliphatic heterocycles. The minimum atomic E-state index is -0.910. The molecule has 18 heavy (non-hydrogen) atoms. The summed E-state index contributed by atoms with van der Waals surface area (Å²) >= 11 is 0. The Morgan fingerprint density at radius 1 is 1.44 bits per heavy atom. The van der Waals surface area contributed by atoms with Gasteiger partial charge in [0.1, 0.15) is 0 Å². The SMILES string of the molecule is CCC(C)(O)CC(Cc1cccc(C)c1)C(=O)O. The van der Waals surface area contributed by atoms with Gasteiger partial charge in [-0.2, -0.15) is 0 Å². The highest BCUT2D eigenvalue weighted by Crippen LogP contribution is 2.23. The summed E-state index contributed by atoms with van der Waals surface area (Å²) in [5.74, 6) is -1.38. The highest BCUT2D eigenvalue weighted by atomic mass is 16.4. The molecule has 0 aromatic heterocycles. The lowest BCUT2D eigenvalue weighted by molar-refractivity contribution is -0.144. The number of carbonyl (C=O) groups is 1. The predicted molar refractivity (Wildman–Crippen MR) is 71.5 cm³/mol. The van der Waals surface area contributed by atoms with Gasteiger partial charge in [0.15, 0.2) is 0 Å². The molecular formula is C15H22O3. The van der Waals surface area contributed by atoms with Gasteiger partial charge in [0.2, 0.25) is 0 Å². The van der Waals surface area contributed by atoms with Crippen molar-refractivity contribution in [1.29, 1.82) is 0 Å². The van der Waals surface area contributed by atoms with Crippen molar-refractivity contribution >= 4 is 5.97 Å². The zero-order valence-electron chi connectivity index (χ0n) is 11.3. The number of carboxylic acids is 1. The maximum absolute atomic E-state index is 11.3. The van der Waals surface area contributed by atoms with E-state index in [1.54, 1.807) is 6.92 Å². The summed E-state index contributed by atoms with van der Waals surface area (Å²) in [5, 5.41) is 19.3. The average Bonchev–Trinajstić information content (AvgIpc) is 2.28. The Bertz CT molecular complexity index is 410. The van der Waals surface area contributed by atoms with Gasteiger partial charge in [-0.25, -0.2) is 0 Å². The van der Waals surface area contributed by atoms with E-state index in [1.807, 2.05) is 38.1 Å². The van der Waals surface area contributed by atoms with Gasteiger partial charge in [-0.3, -0.25) is 4.79 Å². The van der Waals surface area contributed by atoms with Crippen molar-refractivity contribution in [3.05, 3.63) is 35.4 Å². The van der Waals surface area contributed by atoms with Crippen LogP contribution in [0.2, 0.25) is 0 Å². The molecule has 2 atom stereocenters. The fraction of sp³-hybridized carbons (Fsp3) is 0.533. The number of rotatable bonds is 6. The highest BCUT2D eigenvalue weighted by Gasteiger charge is 2.28. The van der Waals surface area contributed by atoms with Crippen LogP contribution in [-0.4, -0.2) is 21.8 Å². The zero-order chi connectivity index (χ0) is 13.8. The molecule has 0 radical (unpaired) electrons. The lowest BCUT2D eigenvalue weighted by Crippen LogP contribution is -2.31. The molecule has 0 amide bonds. The molecule has 0 aliphatic rings. The first-order valence-corrected chi connectivity index (χ1v) is 6.35. The summed E-state index contributed by atoms with van der Waals surface area (Å²) in [4.78, 5) is 11.3. The Kier molecular flexibility index (Phi) is 4.91. The van der Waals surface area contributed by atoms with Crippen LogP contribution in [0.3, 0.4) is 0 Å². The van der Waals surface area contributed by atoms with E-state index in [1.165, 1.54) is 0 Å². The third-order valence-electron chi connectivity index (χ3n) is 3.36. The van der Waals surface area contributed by atoms with Crippen molar-refractivity contribution in [3.63, 3.8) is 0 Å². The van der Waals surface area contributed by atoms with Crippen molar-refractivity contribution in [3.8, 4) is 0 Å². The van der Waals surface area contributed by atoms with Crippen LogP contribution in [0.25, 0.3) is 0 Å². The van der Waals surface area contributed by atoms with Gasteiger partial charge < -0.3 is 10.2 Å². The van der Waals surface area contributed by atoms with E-state index >= 15 is 0 Å². The number of aliphatic hydroxyl groups is 1. The molecule has 0 aliphatic carbocycles. The van der Waals surface area contributed by atoms with Crippen molar-refractivity contribution < 1.29 is 15.0 Å². The van der Waals surface area contributed by atoms with Gasteiger partial charge in [-0.1, -0.05) is 36.8 Å². The molecule has 0 bridgehead atoms.